The lowest BCUT2D eigenvalue weighted by Crippen LogP contribution is -2.09. The monoisotopic (exact) mass is 171 g/mol. The van der Waals surface area contributed by atoms with E-state index in [0.29, 0.717) is 10.6 Å². The van der Waals surface area contributed by atoms with Crippen LogP contribution in [0.25, 0.3) is 0 Å². The van der Waals surface area contributed by atoms with Gasteiger partial charge >= 0.3 is 0 Å². The fourth-order valence-electron chi connectivity index (χ4n) is 0.670. The molecule has 0 aliphatic rings. The van der Waals surface area contributed by atoms with Gasteiger partial charge in [0.25, 0.3) is 0 Å². The Morgan fingerprint density at radius 1 is 1.27 bits per heavy atom. The zero-order valence-corrected chi connectivity index (χ0v) is 6.60. The van der Waals surface area contributed by atoms with Crippen LogP contribution in [0.2, 0.25) is 0 Å². The molecule has 0 radical (unpaired) electrons. The van der Waals surface area contributed by atoms with Crippen molar-refractivity contribution in [3.8, 4) is 0 Å². The molecule has 11 heavy (non-hydrogen) atoms. The molecule has 0 spiro atoms. The summed E-state index contributed by atoms with van der Waals surface area (Å²) in [5.41, 5.74) is 5.94. The molecule has 0 amide bonds. The van der Waals surface area contributed by atoms with Crippen molar-refractivity contribution < 1.29 is 4.21 Å². The number of hydrogen-bond acceptors (Lipinski definition) is 3. The highest BCUT2D eigenvalue weighted by Crippen LogP contribution is 2.09. The van der Waals surface area contributed by atoms with Crippen LogP contribution in [0.5, 0.6) is 0 Å². The maximum atomic E-state index is 10.9. The predicted molar refractivity (Wildman–Crippen MR) is 44.2 cm³/mol. The molecule has 1 aromatic carbocycles. The Balaban J connectivity index is 3.20. The van der Waals surface area contributed by atoms with E-state index in [2.05, 4.69) is 0 Å². The van der Waals surface area contributed by atoms with Crippen LogP contribution in [-0.4, -0.2) is 4.21 Å². The molecule has 0 aliphatic heterocycles. The van der Waals surface area contributed by atoms with E-state index in [0.717, 1.165) is 0 Å². The van der Waals surface area contributed by atoms with Crippen LogP contribution in [0.1, 0.15) is 0 Å². The zero-order chi connectivity index (χ0) is 8.48. The van der Waals surface area contributed by atoms with Crippen LogP contribution in [0.3, 0.4) is 0 Å². The number of benzene rings is 1. The first-order valence-electron chi connectivity index (χ1n) is 2.92. The summed E-state index contributed by atoms with van der Waals surface area (Å²) in [6.07, 6.45) is 0. The molecule has 0 fully saturated rings. The minimum absolute atomic E-state index is 0.298. The number of nitrogens with one attached hydrogen (secondary N) is 1. The quantitative estimate of drug-likeness (QED) is 0.538. The molecule has 1 aromatic rings. The minimum atomic E-state index is -3.08. The highest BCUT2D eigenvalue weighted by atomic mass is 32.2. The van der Waals surface area contributed by atoms with Gasteiger partial charge in [-0.15, -0.1) is 0 Å². The first-order valence-corrected chi connectivity index (χ1v) is 4.54. The number of anilines is 1. The second-order valence-electron chi connectivity index (χ2n) is 2.17. The molecular formula is C6H9N3OS. The summed E-state index contributed by atoms with van der Waals surface area (Å²) in [4.78, 5) is 0.298. The third-order valence-corrected chi connectivity index (χ3v) is 2.20. The third-order valence-electron chi connectivity index (χ3n) is 1.23. The second-order valence-corrected chi connectivity index (χ2v) is 3.84. The minimum Gasteiger partial charge on any atom is -0.399 e. The van der Waals surface area contributed by atoms with Crippen molar-refractivity contribution in [2.45, 2.75) is 4.90 Å². The Hall–Kier alpha value is -1.07. The van der Waals surface area contributed by atoms with Crippen molar-refractivity contribution in [3.05, 3.63) is 24.3 Å². The summed E-state index contributed by atoms with van der Waals surface area (Å²) in [7, 11) is -3.08. The fraction of sp³-hybridized carbons (Fsp3) is 0. The lowest BCUT2D eigenvalue weighted by Gasteiger charge is -1.99. The summed E-state index contributed by atoms with van der Waals surface area (Å²) < 4.78 is 17.9. The van der Waals surface area contributed by atoms with Crippen molar-refractivity contribution >= 4 is 15.6 Å². The van der Waals surface area contributed by atoms with E-state index in [1.54, 1.807) is 12.1 Å². The smallest absolute Gasteiger partial charge is 0.132 e. The Labute approximate surface area is 65.3 Å². The van der Waals surface area contributed by atoms with Crippen molar-refractivity contribution in [3.63, 3.8) is 0 Å². The average molecular weight is 171 g/mol. The molecule has 0 saturated carbocycles. The van der Waals surface area contributed by atoms with Crippen molar-refractivity contribution in [1.82, 2.24) is 0 Å². The first kappa shape index (κ1) is 8.03. The molecule has 1 unspecified atom stereocenters. The Bertz CT molecular complexity index is 341. The number of nitrogens with two attached hydrogens (primary N) is 2. The van der Waals surface area contributed by atoms with Crippen molar-refractivity contribution in [2.75, 3.05) is 5.73 Å². The normalized spacial score (nSPS) is 15.7. The van der Waals surface area contributed by atoms with E-state index in [4.69, 9.17) is 15.7 Å². The van der Waals surface area contributed by atoms with Crippen LogP contribution in [0.4, 0.5) is 5.69 Å². The maximum absolute atomic E-state index is 10.9. The second kappa shape index (κ2) is 2.52. The number of rotatable bonds is 1. The third kappa shape index (κ3) is 1.92. The van der Waals surface area contributed by atoms with E-state index >= 15 is 0 Å². The number of hydrogen-bond donors (Lipinski definition) is 3. The molecule has 4 nitrogen and oxygen atoms in total. The maximum Gasteiger partial charge on any atom is 0.132 e. The first-order chi connectivity index (χ1) is 5.00. The molecule has 0 aromatic heterocycles. The van der Waals surface area contributed by atoms with Crippen LogP contribution in [-0.2, 0) is 9.92 Å². The largest absolute Gasteiger partial charge is 0.399 e. The molecule has 0 bridgehead atoms. The fourth-order valence-corrected chi connectivity index (χ4v) is 1.21. The highest BCUT2D eigenvalue weighted by molar-refractivity contribution is 7.90. The lowest BCUT2D eigenvalue weighted by molar-refractivity contribution is 0.676. The van der Waals surface area contributed by atoms with Gasteiger partial charge in [-0.1, -0.05) is 0 Å². The Morgan fingerprint density at radius 2 is 1.73 bits per heavy atom. The zero-order valence-electron chi connectivity index (χ0n) is 5.78. The summed E-state index contributed by atoms with van der Waals surface area (Å²) in [5.74, 6) is 0. The summed E-state index contributed by atoms with van der Waals surface area (Å²) in [5, 5.41) is 5.06. The molecule has 0 saturated heterocycles. The van der Waals surface area contributed by atoms with Crippen molar-refractivity contribution in [2.24, 2.45) is 5.14 Å². The summed E-state index contributed by atoms with van der Waals surface area (Å²) in [6.45, 7) is 0. The van der Waals surface area contributed by atoms with E-state index < -0.39 is 9.92 Å². The molecule has 0 aliphatic carbocycles. The van der Waals surface area contributed by atoms with Crippen LogP contribution >= 0.6 is 0 Å². The van der Waals surface area contributed by atoms with Crippen LogP contribution in [0, 0.1) is 4.78 Å². The highest BCUT2D eigenvalue weighted by Gasteiger charge is 2.00. The Kier molecular flexibility index (Phi) is 1.84. The van der Waals surface area contributed by atoms with Crippen molar-refractivity contribution in [1.29, 1.82) is 4.78 Å². The van der Waals surface area contributed by atoms with Crippen LogP contribution < -0.4 is 10.9 Å². The van der Waals surface area contributed by atoms with Gasteiger partial charge in [-0.25, -0.2) is 14.1 Å². The van der Waals surface area contributed by atoms with Crippen LogP contribution in [0.15, 0.2) is 29.2 Å². The molecule has 5 N–H and O–H groups in total. The van der Waals surface area contributed by atoms with Gasteiger partial charge in [0.15, 0.2) is 0 Å². The lowest BCUT2D eigenvalue weighted by atomic mass is 10.3. The van der Waals surface area contributed by atoms with E-state index in [1.165, 1.54) is 12.1 Å². The SMILES string of the molecule is N=S(N)(=O)c1ccc(N)cc1. The average Bonchev–Trinajstić information content (AvgIpc) is 1.86. The molecule has 60 valence electrons. The van der Waals surface area contributed by atoms with Gasteiger partial charge in [-0.05, 0) is 24.3 Å². The molecule has 1 atom stereocenters. The molecule has 1 rings (SSSR count). The van der Waals surface area contributed by atoms with Gasteiger partial charge in [0, 0.05) is 5.69 Å². The molecule has 5 heteroatoms. The topological polar surface area (TPSA) is 93.0 Å². The van der Waals surface area contributed by atoms with Gasteiger partial charge in [-0.3, -0.25) is 0 Å². The standard InChI is InChI=1S/C6H9N3OS/c7-5-1-3-6(4-2-5)11(8,9)10/h1-4H,7H2,(H3,8,9,10). The van der Waals surface area contributed by atoms with E-state index in [-0.39, 0.29) is 0 Å². The van der Waals surface area contributed by atoms with Gasteiger partial charge in [0.1, 0.15) is 9.92 Å². The predicted octanol–water partition coefficient (Wildman–Crippen LogP) is 0.548. The summed E-state index contributed by atoms with van der Waals surface area (Å²) >= 11 is 0. The van der Waals surface area contributed by atoms with Gasteiger partial charge < -0.3 is 5.73 Å². The molecular weight excluding hydrogens is 162 g/mol. The molecule has 0 heterocycles. The summed E-state index contributed by atoms with van der Waals surface area (Å²) in [6, 6.07) is 6.11. The van der Waals surface area contributed by atoms with E-state index in [1.807, 2.05) is 0 Å². The van der Waals surface area contributed by atoms with Gasteiger partial charge in [0.05, 0.1) is 4.90 Å². The van der Waals surface area contributed by atoms with E-state index in [9.17, 15) is 4.21 Å². The Morgan fingerprint density at radius 3 is 2.09 bits per heavy atom. The van der Waals surface area contributed by atoms with Gasteiger partial charge in [0.2, 0.25) is 0 Å². The number of nitrogen functional groups attached to an aromatic ring is 1. The van der Waals surface area contributed by atoms with Gasteiger partial charge in [-0.2, -0.15) is 0 Å².